The standard InChI is InChI=1S/C21H19ClF2N4O3/c1-28(20(29)26-12-15-8-16(22)3-5-18(15)24)6-7-31-21(30)27-19-10-14-9-17(23)4-2-13(14)11-25-19/h2-5,8-11H,6-7,12H2,1H3,(H,26,29)(H,25,27,30). The highest BCUT2D eigenvalue weighted by atomic mass is 35.5. The van der Waals surface area contributed by atoms with Crippen LogP contribution in [0.2, 0.25) is 5.02 Å². The smallest absolute Gasteiger partial charge is 0.412 e. The number of urea groups is 1. The summed E-state index contributed by atoms with van der Waals surface area (Å²) in [5.41, 5.74) is 0.257. The maximum absolute atomic E-state index is 13.7. The Morgan fingerprint density at radius 2 is 1.94 bits per heavy atom. The van der Waals surface area contributed by atoms with Crippen molar-refractivity contribution in [2.75, 3.05) is 25.5 Å². The number of pyridine rings is 1. The van der Waals surface area contributed by atoms with Crippen molar-refractivity contribution in [3.8, 4) is 0 Å². The second-order valence-corrected chi connectivity index (χ2v) is 7.07. The average Bonchev–Trinajstić information content (AvgIpc) is 2.73. The van der Waals surface area contributed by atoms with E-state index in [0.717, 1.165) is 5.39 Å². The zero-order valence-electron chi connectivity index (χ0n) is 16.5. The van der Waals surface area contributed by atoms with E-state index in [1.165, 1.54) is 54.5 Å². The largest absolute Gasteiger partial charge is 0.447 e. The molecule has 1 heterocycles. The number of carbonyl (C=O) groups excluding carboxylic acids is 2. The molecule has 0 aliphatic carbocycles. The summed E-state index contributed by atoms with van der Waals surface area (Å²) in [6.07, 6.45) is 0.740. The fraction of sp³-hybridized carbons (Fsp3) is 0.190. The SMILES string of the molecule is CN(CCOC(=O)Nc1cc2cc(F)ccc2cn1)C(=O)NCc1cc(Cl)ccc1F. The number of amides is 3. The van der Waals surface area contributed by atoms with Crippen LogP contribution in [0, 0.1) is 11.6 Å². The van der Waals surface area contributed by atoms with E-state index >= 15 is 0 Å². The number of fused-ring (bicyclic) bond motifs is 1. The first-order chi connectivity index (χ1) is 14.8. The first-order valence-corrected chi connectivity index (χ1v) is 9.61. The van der Waals surface area contributed by atoms with Crippen molar-refractivity contribution in [1.29, 1.82) is 0 Å². The molecule has 0 unspecified atom stereocenters. The van der Waals surface area contributed by atoms with Gasteiger partial charge in [-0.1, -0.05) is 11.6 Å². The van der Waals surface area contributed by atoms with Gasteiger partial charge in [0.15, 0.2) is 0 Å². The maximum atomic E-state index is 13.7. The molecule has 31 heavy (non-hydrogen) atoms. The van der Waals surface area contributed by atoms with E-state index in [-0.39, 0.29) is 31.1 Å². The van der Waals surface area contributed by atoms with Gasteiger partial charge in [-0.3, -0.25) is 5.32 Å². The molecule has 2 N–H and O–H groups in total. The monoisotopic (exact) mass is 448 g/mol. The number of hydrogen-bond acceptors (Lipinski definition) is 4. The zero-order valence-corrected chi connectivity index (χ0v) is 17.2. The lowest BCUT2D eigenvalue weighted by Crippen LogP contribution is -2.39. The van der Waals surface area contributed by atoms with Crippen LogP contribution in [-0.2, 0) is 11.3 Å². The molecule has 0 aliphatic rings. The number of anilines is 1. The van der Waals surface area contributed by atoms with Crippen molar-refractivity contribution in [2.45, 2.75) is 6.54 Å². The minimum atomic E-state index is -0.766. The highest BCUT2D eigenvalue weighted by molar-refractivity contribution is 6.30. The Morgan fingerprint density at radius 3 is 2.74 bits per heavy atom. The van der Waals surface area contributed by atoms with Crippen LogP contribution in [0.15, 0.2) is 48.7 Å². The zero-order chi connectivity index (χ0) is 22.4. The number of nitrogens with one attached hydrogen (secondary N) is 2. The summed E-state index contributed by atoms with van der Waals surface area (Å²) in [7, 11) is 1.50. The van der Waals surface area contributed by atoms with E-state index < -0.39 is 23.8 Å². The summed E-state index contributed by atoms with van der Waals surface area (Å²) in [6, 6.07) is 9.36. The molecular weight excluding hydrogens is 430 g/mol. The summed E-state index contributed by atoms with van der Waals surface area (Å²) >= 11 is 5.82. The number of halogens is 3. The summed E-state index contributed by atoms with van der Waals surface area (Å²) in [5.74, 6) is -0.665. The van der Waals surface area contributed by atoms with Crippen molar-refractivity contribution in [1.82, 2.24) is 15.2 Å². The second-order valence-electron chi connectivity index (χ2n) is 6.64. The predicted octanol–water partition coefficient (Wildman–Crippen LogP) is 4.56. The Balaban J connectivity index is 1.43. The fourth-order valence-electron chi connectivity index (χ4n) is 2.68. The molecule has 0 aliphatic heterocycles. The Morgan fingerprint density at radius 1 is 1.13 bits per heavy atom. The van der Waals surface area contributed by atoms with Gasteiger partial charge >= 0.3 is 12.1 Å². The van der Waals surface area contributed by atoms with Crippen molar-refractivity contribution >= 4 is 40.3 Å². The normalized spacial score (nSPS) is 10.6. The topological polar surface area (TPSA) is 83.6 Å². The molecular formula is C21H19ClF2N4O3. The van der Waals surface area contributed by atoms with Crippen LogP contribution in [0.4, 0.5) is 24.2 Å². The third-order valence-corrected chi connectivity index (χ3v) is 4.59. The Bertz CT molecular complexity index is 1110. The number of rotatable bonds is 6. The molecule has 10 heteroatoms. The summed E-state index contributed by atoms with van der Waals surface area (Å²) < 4.78 is 32.1. The summed E-state index contributed by atoms with van der Waals surface area (Å²) in [6.45, 7) is -0.0116. The molecule has 1 aromatic heterocycles. The third-order valence-electron chi connectivity index (χ3n) is 4.36. The van der Waals surface area contributed by atoms with Crippen molar-refractivity contribution < 1.29 is 23.1 Å². The van der Waals surface area contributed by atoms with E-state index in [9.17, 15) is 18.4 Å². The van der Waals surface area contributed by atoms with Crippen molar-refractivity contribution in [2.24, 2.45) is 0 Å². The van der Waals surface area contributed by atoms with Crippen molar-refractivity contribution in [3.63, 3.8) is 0 Å². The fourth-order valence-corrected chi connectivity index (χ4v) is 2.88. The number of ether oxygens (including phenoxy) is 1. The number of aromatic nitrogens is 1. The van der Waals surface area contributed by atoms with E-state index in [4.69, 9.17) is 16.3 Å². The quantitative estimate of drug-likeness (QED) is 0.579. The van der Waals surface area contributed by atoms with Gasteiger partial charge in [-0.25, -0.2) is 23.4 Å². The van der Waals surface area contributed by atoms with Crippen LogP contribution in [0.3, 0.4) is 0 Å². The molecule has 7 nitrogen and oxygen atoms in total. The lowest BCUT2D eigenvalue weighted by atomic mass is 10.2. The molecule has 0 bridgehead atoms. The molecule has 2 aromatic carbocycles. The van der Waals surface area contributed by atoms with Gasteiger partial charge < -0.3 is 15.0 Å². The van der Waals surface area contributed by atoms with Gasteiger partial charge in [0.05, 0.1) is 6.54 Å². The Hall–Kier alpha value is -3.46. The van der Waals surface area contributed by atoms with Gasteiger partial charge in [0.2, 0.25) is 0 Å². The molecule has 0 saturated carbocycles. The minimum absolute atomic E-state index is 0.0366. The summed E-state index contributed by atoms with van der Waals surface area (Å²) in [4.78, 5) is 29.4. The van der Waals surface area contributed by atoms with Crippen LogP contribution < -0.4 is 10.6 Å². The number of benzene rings is 2. The predicted molar refractivity (Wildman–Crippen MR) is 113 cm³/mol. The highest BCUT2D eigenvalue weighted by Gasteiger charge is 2.12. The highest BCUT2D eigenvalue weighted by Crippen LogP contribution is 2.18. The van der Waals surface area contributed by atoms with Crippen LogP contribution in [-0.4, -0.2) is 42.2 Å². The number of likely N-dealkylation sites (N-methyl/N-ethyl adjacent to an activating group) is 1. The van der Waals surface area contributed by atoms with Crippen LogP contribution in [0.1, 0.15) is 5.56 Å². The molecule has 0 radical (unpaired) electrons. The van der Waals surface area contributed by atoms with E-state index in [1.54, 1.807) is 6.07 Å². The Kier molecular flexibility index (Phi) is 7.19. The molecule has 0 spiro atoms. The number of nitrogens with zero attached hydrogens (tertiary/aromatic N) is 2. The van der Waals surface area contributed by atoms with Gasteiger partial charge in [0.25, 0.3) is 0 Å². The molecule has 3 aromatic rings. The Labute approximate surface area is 182 Å². The molecule has 3 amide bonds. The van der Waals surface area contributed by atoms with Gasteiger partial charge in [-0.2, -0.15) is 0 Å². The van der Waals surface area contributed by atoms with Gasteiger partial charge in [0, 0.05) is 35.8 Å². The first kappa shape index (κ1) is 22.2. The van der Waals surface area contributed by atoms with Gasteiger partial charge in [0.1, 0.15) is 24.1 Å². The van der Waals surface area contributed by atoms with Crippen LogP contribution >= 0.6 is 11.6 Å². The van der Waals surface area contributed by atoms with Crippen LogP contribution in [0.5, 0.6) is 0 Å². The lowest BCUT2D eigenvalue weighted by Gasteiger charge is -2.18. The van der Waals surface area contributed by atoms with Crippen molar-refractivity contribution in [3.05, 3.63) is 70.9 Å². The molecule has 0 fully saturated rings. The number of hydrogen-bond donors (Lipinski definition) is 2. The summed E-state index contributed by atoms with van der Waals surface area (Å²) in [5, 5.41) is 6.68. The molecule has 0 saturated heterocycles. The first-order valence-electron chi connectivity index (χ1n) is 9.24. The van der Waals surface area contributed by atoms with E-state index in [0.29, 0.717) is 10.4 Å². The maximum Gasteiger partial charge on any atom is 0.412 e. The molecule has 0 atom stereocenters. The lowest BCUT2D eigenvalue weighted by molar-refractivity contribution is 0.146. The van der Waals surface area contributed by atoms with Gasteiger partial charge in [-0.15, -0.1) is 0 Å². The van der Waals surface area contributed by atoms with Crippen LogP contribution in [0.25, 0.3) is 10.8 Å². The van der Waals surface area contributed by atoms with Gasteiger partial charge in [-0.05, 0) is 47.9 Å². The van der Waals surface area contributed by atoms with E-state index in [2.05, 4.69) is 15.6 Å². The minimum Gasteiger partial charge on any atom is -0.447 e. The second kappa shape index (κ2) is 10.0. The van der Waals surface area contributed by atoms with E-state index in [1.807, 2.05) is 0 Å². The number of carbonyl (C=O) groups is 2. The molecule has 162 valence electrons. The average molecular weight is 449 g/mol. The molecule has 3 rings (SSSR count). The third kappa shape index (κ3) is 6.26.